The highest BCUT2D eigenvalue weighted by molar-refractivity contribution is 6.67. The molecular formula is C3H2Cl2O. The summed E-state index contributed by atoms with van der Waals surface area (Å²) < 4.78 is 0. The van der Waals surface area contributed by atoms with Crippen LogP contribution in [0.15, 0.2) is 0 Å². The van der Waals surface area contributed by atoms with Crippen LogP contribution >= 0.6 is 24.0 Å². The van der Waals surface area contributed by atoms with Crippen LogP contribution in [0.3, 0.4) is 0 Å². The zero-order valence-electron chi connectivity index (χ0n) is 2.77. The first kappa shape index (κ1) is 9.26. The first-order valence-electron chi connectivity index (χ1n) is 0.932. The van der Waals surface area contributed by atoms with Gasteiger partial charge in [-0.25, -0.2) is 0 Å². The van der Waals surface area contributed by atoms with Gasteiger partial charge in [-0.2, -0.15) is 0 Å². The fourth-order valence-electron chi connectivity index (χ4n) is 0. The van der Waals surface area contributed by atoms with E-state index in [-0.39, 0.29) is 12.4 Å². The second-order valence-corrected chi connectivity index (χ2v) is 0.761. The molecular weight excluding hydrogens is 123 g/mol. The molecule has 0 aliphatic rings. The first-order chi connectivity index (χ1) is 2.27. The van der Waals surface area contributed by atoms with E-state index in [0.29, 0.717) is 0 Å². The van der Waals surface area contributed by atoms with Crippen LogP contribution in [-0.2, 0) is 4.79 Å². The van der Waals surface area contributed by atoms with Crippen molar-refractivity contribution in [2.24, 2.45) is 0 Å². The molecule has 0 radical (unpaired) electrons. The minimum Gasteiger partial charge on any atom is -0.266 e. The van der Waals surface area contributed by atoms with Crippen molar-refractivity contribution in [3.63, 3.8) is 0 Å². The third kappa shape index (κ3) is 9.18. The zero-order chi connectivity index (χ0) is 4.28. The topological polar surface area (TPSA) is 17.1 Å². The molecule has 0 amide bonds. The molecule has 0 N–H and O–H groups in total. The number of hydrogen-bond acceptors (Lipinski definition) is 1. The van der Waals surface area contributed by atoms with Gasteiger partial charge in [0.1, 0.15) is 0 Å². The van der Waals surface area contributed by atoms with Crippen LogP contribution in [-0.4, -0.2) is 5.24 Å². The Bertz CT molecular complexity index is 81.3. The molecule has 0 fully saturated rings. The molecule has 0 bridgehead atoms. The van der Waals surface area contributed by atoms with Crippen LogP contribution in [0.4, 0.5) is 0 Å². The van der Waals surface area contributed by atoms with E-state index in [4.69, 9.17) is 0 Å². The highest BCUT2D eigenvalue weighted by Crippen LogP contribution is 1.68. The minimum atomic E-state index is -0.745. The van der Waals surface area contributed by atoms with Gasteiger partial charge in [0.15, 0.2) is 0 Å². The van der Waals surface area contributed by atoms with Crippen LogP contribution in [0, 0.1) is 12.3 Å². The Kier molecular flexibility index (Phi) is 7.42. The lowest BCUT2D eigenvalue weighted by Gasteiger charge is -1.54. The molecule has 0 atom stereocenters. The Morgan fingerprint density at radius 3 is 2.00 bits per heavy atom. The largest absolute Gasteiger partial charge is 0.295 e. The quantitative estimate of drug-likeness (QED) is 0.345. The summed E-state index contributed by atoms with van der Waals surface area (Å²) in [5.41, 5.74) is 0. The number of halogens is 2. The van der Waals surface area contributed by atoms with Crippen molar-refractivity contribution >= 4 is 29.3 Å². The van der Waals surface area contributed by atoms with Gasteiger partial charge in [-0.3, -0.25) is 4.79 Å². The Morgan fingerprint density at radius 1 is 1.83 bits per heavy atom. The maximum atomic E-state index is 9.34. The summed E-state index contributed by atoms with van der Waals surface area (Å²) in [5, 5.41) is -0.745. The Balaban J connectivity index is 0. The van der Waals surface area contributed by atoms with Crippen LogP contribution in [0.2, 0.25) is 0 Å². The Labute approximate surface area is 47.1 Å². The van der Waals surface area contributed by atoms with Crippen molar-refractivity contribution in [3.8, 4) is 12.3 Å². The molecule has 0 spiro atoms. The summed E-state index contributed by atoms with van der Waals surface area (Å²) in [6, 6.07) is 0. The maximum absolute atomic E-state index is 9.34. The van der Waals surface area contributed by atoms with E-state index in [2.05, 4.69) is 18.0 Å². The van der Waals surface area contributed by atoms with E-state index < -0.39 is 5.24 Å². The number of rotatable bonds is 0. The van der Waals surface area contributed by atoms with Crippen LogP contribution in [0.25, 0.3) is 0 Å². The summed E-state index contributed by atoms with van der Waals surface area (Å²) in [6.45, 7) is 0. The highest BCUT2D eigenvalue weighted by Gasteiger charge is 1.74. The van der Waals surface area contributed by atoms with Gasteiger partial charge in [0.05, 0.1) is 0 Å². The first-order valence-corrected chi connectivity index (χ1v) is 1.31. The summed E-state index contributed by atoms with van der Waals surface area (Å²) in [4.78, 5) is 9.34. The van der Waals surface area contributed by atoms with E-state index in [1.807, 2.05) is 0 Å². The standard InChI is InChI=1S/C3HClO.ClH/c1-2-3(4)5;/h1H;1H. The average molecular weight is 125 g/mol. The zero-order valence-corrected chi connectivity index (χ0v) is 4.34. The highest BCUT2D eigenvalue weighted by atomic mass is 35.5. The van der Waals surface area contributed by atoms with Gasteiger partial charge in [0, 0.05) is 0 Å². The number of terminal acetylenes is 1. The summed E-state index contributed by atoms with van der Waals surface area (Å²) in [7, 11) is 0. The Hall–Kier alpha value is -0.190. The van der Waals surface area contributed by atoms with E-state index in [9.17, 15) is 4.79 Å². The van der Waals surface area contributed by atoms with Gasteiger partial charge >= 0.3 is 0 Å². The SMILES string of the molecule is C#CC(=O)Cl.Cl. The molecule has 3 heteroatoms. The molecule has 34 valence electrons. The normalized spacial score (nSPS) is 4.67. The predicted molar refractivity (Wildman–Crippen MR) is 26.9 cm³/mol. The molecule has 0 aromatic carbocycles. The average Bonchev–Trinajstić information content (AvgIpc) is 1.38. The summed E-state index contributed by atoms with van der Waals surface area (Å²) >= 11 is 4.59. The van der Waals surface area contributed by atoms with Crippen molar-refractivity contribution in [2.45, 2.75) is 0 Å². The maximum Gasteiger partial charge on any atom is 0.295 e. The molecule has 0 rings (SSSR count). The lowest BCUT2D eigenvalue weighted by molar-refractivity contribution is -0.106. The molecule has 0 aliphatic heterocycles. The molecule has 0 saturated carbocycles. The fourth-order valence-corrected chi connectivity index (χ4v) is 0. The van der Waals surface area contributed by atoms with E-state index >= 15 is 0 Å². The van der Waals surface area contributed by atoms with Gasteiger partial charge < -0.3 is 0 Å². The molecule has 6 heavy (non-hydrogen) atoms. The Morgan fingerprint density at radius 2 is 2.00 bits per heavy atom. The smallest absolute Gasteiger partial charge is 0.266 e. The van der Waals surface area contributed by atoms with Crippen molar-refractivity contribution in [3.05, 3.63) is 0 Å². The number of carbonyl (C=O) groups is 1. The van der Waals surface area contributed by atoms with Crippen molar-refractivity contribution in [1.82, 2.24) is 0 Å². The van der Waals surface area contributed by atoms with Gasteiger partial charge in [0.2, 0.25) is 0 Å². The third-order valence-electron chi connectivity index (χ3n) is 0.113. The van der Waals surface area contributed by atoms with E-state index in [0.717, 1.165) is 0 Å². The van der Waals surface area contributed by atoms with E-state index in [1.165, 1.54) is 0 Å². The molecule has 0 aromatic rings. The molecule has 0 saturated heterocycles. The molecule has 0 heterocycles. The van der Waals surface area contributed by atoms with E-state index in [1.54, 1.807) is 5.92 Å². The molecule has 0 aliphatic carbocycles. The lowest BCUT2D eigenvalue weighted by atomic mass is 10.8. The van der Waals surface area contributed by atoms with Crippen LogP contribution < -0.4 is 0 Å². The van der Waals surface area contributed by atoms with Gasteiger partial charge in [-0.1, -0.05) is 0 Å². The van der Waals surface area contributed by atoms with Gasteiger partial charge in [-0.05, 0) is 17.5 Å². The summed E-state index contributed by atoms with van der Waals surface area (Å²) in [5.74, 6) is 1.65. The summed E-state index contributed by atoms with van der Waals surface area (Å²) in [6.07, 6.45) is 4.44. The minimum absolute atomic E-state index is 0. The van der Waals surface area contributed by atoms with Crippen molar-refractivity contribution < 1.29 is 4.79 Å². The van der Waals surface area contributed by atoms with Crippen LogP contribution in [0.5, 0.6) is 0 Å². The van der Waals surface area contributed by atoms with Gasteiger partial charge in [-0.15, -0.1) is 18.8 Å². The van der Waals surface area contributed by atoms with Crippen molar-refractivity contribution in [2.75, 3.05) is 0 Å². The second-order valence-electron chi connectivity index (χ2n) is 0.418. The molecule has 0 unspecified atom stereocenters. The fraction of sp³-hybridized carbons (Fsp3) is 0. The second kappa shape index (κ2) is 4.81. The number of hydrogen-bond donors (Lipinski definition) is 0. The van der Waals surface area contributed by atoms with Crippen molar-refractivity contribution in [1.29, 1.82) is 0 Å². The lowest BCUT2D eigenvalue weighted by Crippen LogP contribution is -1.69. The molecule has 1 nitrogen and oxygen atoms in total. The predicted octanol–water partition coefficient (Wildman–Crippen LogP) is 0.807. The number of carbonyl (C=O) groups excluding carboxylic acids is 1. The van der Waals surface area contributed by atoms with Crippen LogP contribution in [0.1, 0.15) is 0 Å². The third-order valence-corrected chi connectivity index (χ3v) is 0.223. The van der Waals surface area contributed by atoms with Gasteiger partial charge in [0.25, 0.3) is 5.24 Å². The molecule has 0 aromatic heterocycles. The monoisotopic (exact) mass is 124 g/mol.